The number of nitrogens with zero attached hydrogens (tertiary/aromatic N) is 1. The smallest absolute Gasteiger partial charge is 0.261 e. The van der Waals surface area contributed by atoms with Gasteiger partial charge in [0.05, 0.1) is 0 Å². The van der Waals surface area contributed by atoms with E-state index in [0.717, 1.165) is 17.9 Å². The predicted octanol–water partition coefficient (Wildman–Crippen LogP) is 4.06. The van der Waals surface area contributed by atoms with Crippen LogP contribution in [0.3, 0.4) is 0 Å². The summed E-state index contributed by atoms with van der Waals surface area (Å²) in [5.41, 5.74) is 3.51. The SMILES string of the molecule is Cc1ccccc1O[C@@H](C)C(=O)NCc1ccccc1CN1CCCCC1. The lowest BCUT2D eigenvalue weighted by Crippen LogP contribution is -2.36. The van der Waals surface area contributed by atoms with E-state index < -0.39 is 6.10 Å². The van der Waals surface area contributed by atoms with Gasteiger partial charge in [0.1, 0.15) is 5.75 Å². The highest BCUT2D eigenvalue weighted by atomic mass is 16.5. The number of amides is 1. The Morgan fingerprint density at radius 2 is 1.70 bits per heavy atom. The number of ether oxygens (including phenoxy) is 1. The summed E-state index contributed by atoms with van der Waals surface area (Å²) in [4.78, 5) is 15.0. The number of carbonyl (C=O) groups is 1. The van der Waals surface area contributed by atoms with E-state index in [9.17, 15) is 4.79 Å². The lowest BCUT2D eigenvalue weighted by atomic mass is 10.0. The van der Waals surface area contributed by atoms with E-state index in [1.165, 1.54) is 43.5 Å². The first-order chi connectivity index (χ1) is 13.1. The van der Waals surface area contributed by atoms with Gasteiger partial charge in [-0.15, -0.1) is 0 Å². The van der Waals surface area contributed by atoms with Gasteiger partial charge in [0, 0.05) is 13.1 Å². The maximum absolute atomic E-state index is 12.5. The molecule has 1 fully saturated rings. The number of nitrogens with one attached hydrogen (secondary N) is 1. The lowest BCUT2D eigenvalue weighted by molar-refractivity contribution is -0.127. The molecule has 2 aromatic carbocycles. The van der Waals surface area contributed by atoms with E-state index in [1.54, 1.807) is 6.92 Å². The Morgan fingerprint density at radius 1 is 1.04 bits per heavy atom. The lowest BCUT2D eigenvalue weighted by Gasteiger charge is -2.27. The van der Waals surface area contributed by atoms with Crippen molar-refractivity contribution >= 4 is 5.91 Å². The molecule has 0 unspecified atom stereocenters. The molecule has 0 aromatic heterocycles. The van der Waals surface area contributed by atoms with Crippen molar-refractivity contribution in [1.29, 1.82) is 0 Å². The van der Waals surface area contributed by atoms with Crippen molar-refractivity contribution in [2.75, 3.05) is 13.1 Å². The van der Waals surface area contributed by atoms with Gasteiger partial charge >= 0.3 is 0 Å². The Labute approximate surface area is 162 Å². The summed E-state index contributed by atoms with van der Waals surface area (Å²) in [5.74, 6) is 0.664. The van der Waals surface area contributed by atoms with Crippen molar-refractivity contribution in [3.8, 4) is 5.75 Å². The topological polar surface area (TPSA) is 41.6 Å². The Kier molecular flexibility index (Phi) is 6.88. The number of rotatable bonds is 7. The van der Waals surface area contributed by atoms with Crippen molar-refractivity contribution in [1.82, 2.24) is 10.2 Å². The summed E-state index contributed by atoms with van der Waals surface area (Å²) >= 11 is 0. The highest BCUT2D eigenvalue weighted by molar-refractivity contribution is 5.80. The second-order valence-corrected chi connectivity index (χ2v) is 7.35. The first kappa shape index (κ1) is 19.4. The molecule has 1 N–H and O–H groups in total. The van der Waals surface area contributed by atoms with Crippen LogP contribution in [0.2, 0.25) is 0 Å². The number of likely N-dealkylation sites (tertiary alicyclic amines) is 1. The van der Waals surface area contributed by atoms with E-state index in [4.69, 9.17) is 4.74 Å². The number of piperidine rings is 1. The standard InChI is InChI=1S/C23H30N2O2/c1-18-10-4-7-13-22(18)27-19(2)23(26)24-16-20-11-5-6-12-21(20)17-25-14-8-3-9-15-25/h4-7,10-13,19H,3,8-9,14-17H2,1-2H3,(H,24,26)/t19-/m0/s1. The molecule has 144 valence electrons. The zero-order valence-electron chi connectivity index (χ0n) is 16.4. The minimum Gasteiger partial charge on any atom is -0.481 e. The fourth-order valence-corrected chi connectivity index (χ4v) is 3.50. The molecule has 3 rings (SSSR count). The maximum Gasteiger partial charge on any atom is 0.261 e. The van der Waals surface area contributed by atoms with Crippen LogP contribution < -0.4 is 10.1 Å². The number of hydrogen-bond donors (Lipinski definition) is 1. The van der Waals surface area contributed by atoms with Crippen LogP contribution in [0, 0.1) is 6.92 Å². The van der Waals surface area contributed by atoms with Crippen LogP contribution >= 0.6 is 0 Å². The molecule has 2 aromatic rings. The molecular formula is C23H30N2O2. The second kappa shape index (κ2) is 9.56. The first-order valence-electron chi connectivity index (χ1n) is 9.92. The number of para-hydroxylation sites is 1. The Hall–Kier alpha value is -2.33. The molecule has 0 spiro atoms. The second-order valence-electron chi connectivity index (χ2n) is 7.35. The molecule has 27 heavy (non-hydrogen) atoms. The maximum atomic E-state index is 12.5. The van der Waals surface area contributed by atoms with Gasteiger partial charge in [-0.3, -0.25) is 9.69 Å². The zero-order valence-corrected chi connectivity index (χ0v) is 16.4. The zero-order chi connectivity index (χ0) is 19.1. The normalized spacial score (nSPS) is 15.9. The van der Waals surface area contributed by atoms with Crippen molar-refractivity contribution in [3.05, 3.63) is 65.2 Å². The van der Waals surface area contributed by atoms with Gasteiger partial charge in [-0.2, -0.15) is 0 Å². The highest BCUT2D eigenvalue weighted by Gasteiger charge is 2.17. The minimum atomic E-state index is -0.527. The van der Waals surface area contributed by atoms with Crippen LogP contribution in [-0.4, -0.2) is 30.0 Å². The van der Waals surface area contributed by atoms with Gasteiger partial charge in [-0.1, -0.05) is 48.9 Å². The summed E-state index contributed by atoms with van der Waals surface area (Å²) in [5, 5.41) is 3.03. The summed E-state index contributed by atoms with van der Waals surface area (Å²) < 4.78 is 5.83. The van der Waals surface area contributed by atoms with Crippen LogP contribution in [0.25, 0.3) is 0 Å². The fourth-order valence-electron chi connectivity index (χ4n) is 3.50. The molecule has 1 saturated heterocycles. The molecule has 4 nitrogen and oxygen atoms in total. The van der Waals surface area contributed by atoms with E-state index in [-0.39, 0.29) is 5.91 Å². The van der Waals surface area contributed by atoms with Gasteiger partial charge in [-0.05, 0) is 62.5 Å². The Balaban J connectivity index is 1.56. The molecular weight excluding hydrogens is 336 g/mol. The number of carbonyl (C=O) groups excluding carboxylic acids is 1. The average Bonchev–Trinajstić information content (AvgIpc) is 2.69. The predicted molar refractivity (Wildman–Crippen MR) is 109 cm³/mol. The third kappa shape index (κ3) is 5.57. The third-order valence-corrected chi connectivity index (χ3v) is 5.18. The minimum absolute atomic E-state index is 0.0916. The van der Waals surface area contributed by atoms with Crippen LogP contribution in [-0.2, 0) is 17.9 Å². The summed E-state index contributed by atoms with van der Waals surface area (Å²) in [6, 6.07) is 16.2. The van der Waals surface area contributed by atoms with E-state index in [2.05, 4.69) is 28.4 Å². The molecule has 0 aliphatic carbocycles. The van der Waals surface area contributed by atoms with Crippen molar-refractivity contribution in [2.45, 2.75) is 52.3 Å². The number of hydrogen-bond acceptors (Lipinski definition) is 3. The fraction of sp³-hybridized carbons (Fsp3) is 0.435. The largest absolute Gasteiger partial charge is 0.481 e. The summed E-state index contributed by atoms with van der Waals surface area (Å²) in [6.07, 6.45) is 3.38. The molecule has 1 aliphatic rings. The van der Waals surface area contributed by atoms with Crippen LogP contribution in [0.5, 0.6) is 5.75 Å². The van der Waals surface area contributed by atoms with Gasteiger partial charge in [0.25, 0.3) is 5.91 Å². The average molecular weight is 367 g/mol. The van der Waals surface area contributed by atoms with E-state index >= 15 is 0 Å². The quantitative estimate of drug-likeness (QED) is 0.803. The van der Waals surface area contributed by atoms with Crippen molar-refractivity contribution < 1.29 is 9.53 Å². The Morgan fingerprint density at radius 3 is 2.44 bits per heavy atom. The van der Waals surface area contributed by atoms with Gasteiger partial charge < -0.3 is 10.1 Å². The first-order valence-corrected chi connectivity index (χ1v) is 9.92. The highest BCUT2D eigenvalue weighted by Crippen LogP contribution is 2.18. The number of benzene rings is 2. The molecule has 1 amide bonds. The van der Waals surface area contributed by atoms with E-state index in [1.807, 2.05) is 37.3 Å². The molecule has 0 saturated carbocycles. The van der Waals surface area contributed by atoms with Crippen LogP contribution in [0.4, 0.5) is 0 Å². The van der Waals surface area contributed by atoms with Gasteiger partial charge in [0.15, 0.2) is 6.10 Å². The van der Waals surface area contributed by atoms with Gasteiger partial charge in [0.2, 0.25) is 0 Å². The summed E-state index contributed by atoms with van der Waals surface area (Å²) in [6.45, 7) is 7.60. The van der Waals surface area contributed by atoms with Crippen LogP contribution in [0.1, 0.15) is 42.9 Å². The molecule has 0 bridgehead atoms. The molecule has 0 radical (unpaired) electrons. The van der Waals surface area contributed by atoms with Crippen molar-refractivity contribution in [2.24, 2.45) is 0 Å². The number of aryl methyl sites for hydroxylation is 1. The molecule has 1 heterocycles. The summed E-state index contributed by atoms with van der Waals surface area (Å²) in [7, 11) is 0. The van der Waals surface area contributed by atoms with E-state index in [0.29, 0.717) is 6.54 Å². The third-order valence-electron chi connectivity index (χ3n) is 5.18. The molecule has 4 heteroatoms. The molecule has 1 aliphatic heterocycles. The molecule has 1 atom stereocenters. The monoisotopic (exact) mass is 366 g/mol. The van der Waals surface area contributed by atoms with Crippen molar-refractivity contribution in [3.63, 3.8) is 0 Å². The Bertz CT molecular complexity index is 754. The van der Waals surface area contributed by atoms with Gasteiger partial charge in [-0.25, -0.2) is 0 Å². The van der Waals surface area contributed by atoms with Crippen LogP contribution in [0.15, 0.2) is 48.5 Å².